The first-order valence-corrected chi connectivity index (χ1v) is 11.0. The number of aryl methyl sites for hydroxylation is 1. The Morgan fingerprint density at radius 3 is 2.52 bits per heavy atom. The van der Waals surface area contributed by atoms with Crippen molar-refractivity contribution in [2.24, 2.45) is 0 Å². The Hall–Kier alpha value is -3.94. The molecule has 1 atom stereocenters. The molecule has 3 amide bonds. The molecule has 0 spiro atoms. The highest BCUT2D eigenvalue weighted by Crippen LogP contribution is 2.26. The first-order valence-electron chi connectivity index (χ1n) is 11.0. The van der Waals surface area contributed by atoms with Crippen LogP contribution in [0.1, 0.15) is 28.8 Å². The number of nitrogens with zero attached hydrogens (tertiary/aromatic N) is 3. The number of para-hydroxylation sites is 1. The van der Waals surface area contributed by atoms with Crippen LogP contribution < -0.4 is 10.6 Å². The number of likely N-dealkylation sites (tertiary alicyclic amines) is 1. The summed E-state index contributed by atoms with van der Waals surface area (Å²) in [5, 5.41) is 10.0. The highest BCUT2D eigenvalue weighted by atomic mass is 16.2. The highest BCUT2D eigenvalue weighted by Gasteiger charge is 2.33. The van der Waals surface area contributed by atoms with Gasteiger partial charge in [-0.1, -0.05) is 42.5 Å². The van der Waals surface area contributed by atoms with Crippen LogP contribution in [0.4, 0.5) is 0 Å². The molecule has 3 aromatic rings. The van der Waals surface area contributed by atoms with Crippen LogP contribution >= 0.6 is 0 Å². The summed E-state index contributed by atoms with van der Waals surface area (Å²) in [5.74, 6) is -0.847. The third kappa shape index (κ3) is 4.64. The summed E-state index contributed by atoms with van der Waals surface area (Å²) in [6, 6.07) is 16.8. The summed E-state index contributed by atoms with van der Waals surface area (Å²) >= 11 is 0. The number of hydrogen-bond acceptors (Lipinski definition) is 4. The Balaban J connectivity index is 1.58. The summed E-state index contributed by atoms with van der Waals surface area (Å²) in [6.07, 6.45) is 3.07. The lowest BCUT2D eigenvalue weighted by Gasteiger charge is -2.23. The van der Waals surface area contributed by atoms with E-state index in [1.807, 2.05) is 61.5 Å². The van der Waals surface area contributed by atoms with Crippen molar-refractivity contribution in [3.05, 3.63) is 71.9 Å². The Labute approximate surface area is 192 Å². The molecule has 0 saturated carbocycles. The van der Waals surface area contributed by atoms with Crippen LogP contribution in [0.15, 0.2) is 60.8 Å². The minimum absolute atomic E-state index is 0.182. The predicted octanol–water partition coefficient (Wildman–Crippen LogP) is 2.31. The second kappa shape index (κ2) is 9.68. The SMILES string of the molecule is CNC(=O)C1CCCN1C(=O)CNC(=O)c1cn(-c2ccccc2)nc1-c1ccccc1C. The summed E-state index contributed by atoms with van der Waals surface area (Å²) in [5.41, 5.74) is 3.60. The molecule has 1 saturated heterocycles. The molecular weight excluding hydrogens is 418 g/mol. The summed E-state index contributed by atoms with van der Waals surface area (Å²) < 4.78 is 1.67. The van der Waals surface area contributed by atoms with Crippen molar-refractivity contribution < 1.29 is 14.4 Å². The second-order valence-electron chi connectivity index (χ2n) is 8.03. The number of aromatic nitrogens is 2. The van der Waals surface area contributed by atoms with Crippen molar-refractivity contribution >= 4 is 17.7 Å². The molecule has 1 aliphatic rings. The fourth-order valence-electron chi connectivity index (χ4n) is 4.15. The molecule has 1 fully saturated rings. The largest absolute Gasteiger partial charge is 0.357 e. The van der Waals surface area contributed by atoms with Gasteiger partial charge < -0.3 is 15.5 Å². The average Bonchev–Trinajstić information content (AvgIpc) is 3.51. The van der Waals surface area contributed by atoms with Gasteiger partial charge in [-0.05, 0) is 37.5 Å². The summed E-state index contributed by atoms with van der Waals surface area (Å²) in [4.78, 5) is 39.5. The smallest absolute Gasteiger partial charge is 0.255 e. The fourth-order valence-corrected chi connectivity index (χ4v) is 4.15. The molecule has 2 heterocycles. The minimum atomic E-state index is -0.484. The first kappa shape index (κ1) is 22.3. The van der Waals surface area contributed by atoms with Crippen LogP contribution in [0, 0.1) is 6.92 Å². The van der Waals surface area contributed by atoms with E-state index in [0.29, 0.717) is 24.2 Å². The van der Waals surface area contributed by atoms with Crippen molar-refractivity contribution in [1.82, 2.24) is 25.3 Å². The third-order valence-corrected chi connectivity index (χ3v) is 5.90. The predicted molar refractivity (Wildman–Crippen MR) is 125 cm³/mol. The lowest BCUT2D eigenvalue weighted by molar-refractivity contribution is -0.137. The van der Waals surface area contributed by atoms with Gasteiger partial charge in [-0.3, -0.25) is 14.4 Å². The number of hydrogen-bond donors (Lipinski definition) is 2. The molecule has 0 radical (unpaired) electrons. The zero-order valence-corrected chi connectivity index (χ0v) is 18.7. The van der Waals surface area contributed by atoms with Crippen LogP contribution in [0.5, 0.6) is 0 Å². The molecule has 0 bridgehead atoms. The molecule has 170 valence electrons. The normalized spacial score (nSPS) is 15.3. The Morgan fingerprint density at radius 1 is 1.06 bits per heavy atom. The van der Waals surface area contributed by atoms with E-state index in [9.17, 15) is 14.4 Å². The van der Waals surface area contributed by atoms with E-state index in [-0.39, 0.29) is 24.3 Å². The van der Waals surface area contributed by atoms with Gasteiger partial charge in [-0.2, -0.15) is 5.10 Å². The van der Waals surface area contributed by atoms with Crippen LogP contribution in [0.25, 0.3) is 16.9 Å². The van der Waals surface area contributed by atoms with Crippen LogP contribution in [-0.2, 0) is 9.59 Å². The van der Waals surface area contributed by atoms with Gasteiger partial charge in [0.25, 0.3) is 5.91 Å². The molecular formula is C25H27N5O3. The van der Waals surface area contributed by atoms with Crippen molar-refractivity contribution in [3.63, 3.8) is 0 Å². The molecule has 2 N–H and O–H groups in total. The topological polar surface area (TPSA) is 96.3 Å². The van der Waals surface area contributed by atoms with E-state index in [0.717, 1.165) is 23.2 Å². The van der Waals surface area contributed by atoms with E-state index >= 15 is 0 Å². The fraction of sp³-hybridized carbons (Fsp3) is 0.280. The number of carbonyl (C=O) groups excluding carboxylic acids is 3. The number of likely N-dealkylation sites (N-methyl/N-ethyl adjacent to an activating group) is 1. The van der Waals surface area contributed by atoms with Gasteiger partial charge in [0.05, 0.1) is 17.8 Å². The number of amides is 3. The van der Waals surface area contributed by atoms with Crippen molar-refractivity contribution in [2.75, 3.05) is 20.1 Å². The minimum Gasteiger partial charge on any atom is -0.357 e. The lowest BCUT2D eigenvalue weighted by atomic mass is 10.0. The maximum absolute atomic E-state index is 13.2. The Kier molecular flexibility index (Phi) is 6.53. The molecule has 33 heavy (non-hydrogen) atoms. The standard InChI is InChI=1S/C25H27N5O3/c1-17-9-6-7-12-19(17)23-20(16-30(28-23)18-10-4-3-5-11-18)24(32)27-15-22(31)29-14-8-13-21(29)25(33)26-2/h3-7,9-12,16,21H,8,13-15H2,1-2H3,(H,26,33)(H,27,32). The van der Waals surface area contributed by atoms with Gasteiger partial charge >= 0.3 is 0 Å². The Bertz CT molecular complexity index is 1170. The van der Waals surface area contributed by atoms with Gasteiger partial charge in [0.1, 0.15) is 11.7 Å². The average molecular weight is 446 g/mol. The van der Waals surface area contributed by atoms with E-state index in [1.54, 1.807) is 17.9 Å². The molecule has 0 aliphatic carbocycles. The zero-order chi connectivity index (χ0) is 23.4. The zero-order valence-electron chi connectivity index (χ0n) is 18.7. The number of rotatable bonds is 6. The summed E-state index contributed by atoms with van der Waals surface area (Å²) in [7, 11) is 1.56. The maximum Gasteiger partial charge on any atom is 0.255 e. The van der Waals surface area contributed by atoms with Gasteiger partial charge in [0, 0.05) is 25.4 Å². The van der Waals surface area contributed by atoms with Crippen molar-refractivity contribution in [2.45, 2.75) is 25.8 Å². The van der Waals surface area contributed by atoms with E-state index in [4.69, 9.17) is 5.10 Å². The number of nitrogens with one attached hydrogen (secondary N) is 2. The van der Waals surface area contributed by atoms with Gasteiger partial charge in [-0.25, -0.2) is 4.68 Å². The molecule has 1 aliphatic heterocycles. The van der Waals surface area contributed by atoms with Crippen molar-refractivity contribution in [1.29, 1.82) is 0 Å². The van der Waals surface area contributed by atoms with Crippen molar-refractivity contribution in [3.8, 4) is 16.9 Å². The molecule has 2 aromatic carbocycles. The molecule has 8 nitrogen and oxygen atoms in total. The van der Waals surface area contributed by atoms with Crippen LogP contribution in [-0.4, -0.2) is 58.6 Å². The quantitative estimate of drug-likeness (QED) is 0.609. The number of carbonyl (C=O) groups is 3. The highest BCUT2D eigenvalue weighted by molar-refractivity contribution is 6.02. The number of benzene rings is 2. The van der Waals surface area contributed by atoms with Gasteiger partial charge in [-0.15, -0.1) is 0 Å². The van der Waals surface area contributed by atoms with E-state index in [2.05, 4.69) is 10.6 Å². The van der Waals surface area contributed by atoms with Crippen LogP contribution in [0.2, 0.25) is 0 Å². The monoisotopic (exact) mass is 445 g/mol. The van der Waals surface area contributed by atoms with E-state index in [1.165, 1.54) is 4.90 Å². The van der Waals surface area contributed by atoms with E-state index < -0.39 is 6.04 Å². The molecule has 1 unspecified atom stereocenters. The van der Waals surface area contributed by atoms with Gasteiger partial charge in [0.2, 0.25) is 11.8 Å². The second-order valence-corrected chi connectivity index (χ2v) is 8.03. The molecule has 4 rings (SSSR count). The molecule has 8 heteroatoms. The third-order valence-electron chi connectivity index (χ3n) is 5.90. The van der Waals surface area contributed by atoms with Crippen LogP contribution in [0.3, 0.4) is 0 Å². The Morgan fingerprint density at radius 2 is 1.79 bits per heavy atom. The molecule has 1 aromatic heterocycles. The maximum atomic E-state index is 13.2. The summed E-state index contributed by atoms with van der Waals surface area (Å²) in [6.45, 7) is 2.29. The van der Waals surface area contributed by atoms with Gasteiger partial charge in [0.15, 0.2) is 0 Å². The first-order chi connectivity index (χ1) is 16.0. The lowest BCUT2D eigenvalue weighted by Crippen LogP contribution is -2.48.